The molecule has 0 saturated carbocycles. The number of thioether (sulfide) groups is 1. The van der Waals surface area contributed by atoms with E-state index < -0.39 is 0 Å². The van der Waals surface area contributed by atoms with Gasteiger partial charge in [-0.1, -0.05) is 11.8 Å². The summed E-state index contributed by atoms with van der Waals surface area (Å²) in [5, 5.41) is 5.58. The number of aryl methyl sites for hydroxylation is 1. The number of aromatic nitrogens is 2. The van der Waals surface area contributed by atoms with E-state index in [1.807, 2.05) is 31.2 Å². The van der Waals surface area contributed by atoms with Crippen LogP contribution >= 0.6 is 23.1 Å². The summed E-state index contributed by atoms with van der Waals surface area (Å²) < 4.78 is 7.47. The highest BCUT2D eigenvalue weighted by Gasteiger charge is 2.16. The number of benzene rings is 1. The Labute approximate surface area is 196 Å². The molecule has 2 aromatic heterocycles. The van der Waals surface area contributed by atoms with Crippen LogP contribution < -0.4 is 10.6 Å². The minimum absolute atomic E-state index is 0.0862. The Morgan fingerprint density at radius 2 is 1.88 bits per heavy atom. The molecular formula is C23H28N4O3S2. The number of carbonyl (C=O) groups excluding carboxylic acids is 2. The summed E-state index contributed by atoms with van der Waals surface area (Å²) in [6.07, 6.45) is 2.74. The van der Waals surface area contributed by atoms with Gasteiger partial charge in [0.25, 0.3) is 0 Å². The molecule has 0 saturated heterocycles. The average molecular weight is 473 g/mol. The zero-order chi connectivity index (χ0) is 23.1. The van der Waals surface area contributed by atoms with Gasteiger partial charge in [0.05, 0.1) is 15.8 Å². The van der Waals surface area contributed by atoms with Crippen molar-refractivity contribution in [1.82, 2.24) is 9.97 Å². The number of amides is 2. The van der Waals surface area contributed by atoms with Gasteiger partial charge in [-0.15, -0.1) is 11.3 Å². The third-order valence-electron chi connectivity index (χ3n) is 4.90. The van der Waals surface area contributed by atoms with Gasteiger partial charge in [-0.25, -0.2) is 9.97 Å². The number of pyridine rings is 1. The van der Waals surface area contributed by atoms with E-state index >= 15 is 0 Å². The minimum Gasteiger partial charge on any atom is -0.379 e. The van der Waals surface area contributed by atoms with E-state index in [9.17, 15) is 9.59 Å². The summed E-state index contributed by atoms with van der Waals surface area (Å²) in [6.45, 7) is 6.07. The van der Waals surface area contributed by atoms with Crippen LogP contribution in [-0.4, -0.2) is 40.2 Å². The number of hydrogen-bond donors (Lipinski definition) is 2. The first kappa shape index (κ1) is 24.2. The number of rotatable bonds is 10. The number of methoxy groups -OCH3 is 1. The van der Waals surface area contributed by atoms with Crippen LogP contribution in [0.3, 0.4) is 0 Å². The molecule has 0 aliphatic heterocycles. The Balaban J connectivity index is 1.49. The maximum absolute atomic E-state index is 12.3. The third kappa shape index (κ3) is 7.29. The number of hydrogen-bond acceptors (Lipinski definition) is 7. The van der Waals surface area contributed by atoms with Gasteiger partial charge in [-0.05, 0) is 63.1 Å². The SMILES string of the molecule is COC(C)(C)CCSc1nc2ccc(NC(=O)CCC(=O)Nc3cc(C)ccn3)cc2s1. The summed E-state index contributed by atoms with van der Waals surface area (Å²) in [5.41, 5.74) is 2.47. The van der Waals surface area contributed by atoms with Crippen LogP contribution in [0.15, 0.2) is 40.9 Å². The molecule has 3 rings (SSSR count). The monoisotopic (exact) mass is 472 g/mol. The lowest BCUT2D eigenvalue weighted by atomic mass is 10.1. The van der Waals surface area contributed by atoms with Crippen molar-refractivity contribution in [2.75, 3.05) is 23.5 Å². The number of ether oxygens (including phenoxy) is 1. The van der Waals surface area contributed by atoms with Gasteiger partial charge in [0.1, 0.15) is 5.82 Å². The Bertz CT molecular complexity index is 1100. The molecule has 0 radical (unpaired) electrons. The Kier molecular flexibility index (Phi) is 8.22. The molecule has 32 heavy (non-hydrogen) atoms. The van der Waals surface area contributed by atoms with Crippen molar-refractivity contribution >= 4 is 56.6 Å². The molecule has 9 heteroatoms. The second kappa shape index (κ2) is 10.9. The van der Waals surface area contributed by atoms with Gasteiger partial charge in [-0.3, -0.25) is 9.59 Å². The van der Waals surface area contributed by atoms with Crippen molar-refractivity contribution in [2.45, 2.75) is 50.0 Å². The molecule has 0 spiro atoms. The Morgan fingerprint density at radius 3 is 2.59 bits per heavy atom. The van der Waals surface area contributed by atoms with Crippen molar-refractivity contribution < 1.29 is 14.3 Å². The lowest BCUT2D eigenvalue weighted by Crippen LogP contribution is -2.22. The lowest BCUT2D eigenvalue weighted by molar-refractivity contribution is -0.121. The van der Waals surface area contributed by atoms with E-state index in [-0.39, 0.29) is 30.3 Å². The second-order valence-corrected chi connectivity index (χ2v) is 10.4. The topological polar surface area (TPSA) is 93.2 Å². The van der Waals surface area contributed by atoms with Gasteiger partial charge >= 0.3 is 0 Å². The van der Waals surface area contributed by atoms with Crippen LogP contribution in [0.4, 0.5) is 11.5 Å². The molecule has 0 atom stereocenters. The molecule has 0 aliphatic rings. The zero-order valence-corrected chi connectivity index (χ0v) is 20.4. The van der Waals surface area contributed by atoms with Gasteiger partial charge in [0, 0.05) is 37.6 Å². The molecular weight excluding hydrogens is 444 g/mol. The van der Waals surface area contributed by atoms with E-state index in [1.54, 1.807) is 42.5 Å². The van der Waals surface area contributed by atoms with E-state index in [2.05, 4.69) is 34.4 Å². The molecule has 2 amide bonds. The van der Waals surface area contributed by atoms with Crippen molar-refractivity contribution in [2.24, 2.45) is 0 Å². The lowest BCUT2D eigenvalue weighted by Gasteiger charge is -2.21. The highest BCUT2D eigenvalue weighted by atomic mass is 32.2. The smallest absolute Gasteiger partial charge is 0.226 e. The van der Waals surface area contributed by atoms with Crippen molar-refractivity contribution in [3.8, 4) is 0 Å². The number of nitrogens with zero attached hydrogens (tertiary/aromatic N) is 2. The first-order valence-electron chi connectivity index (χ1n) is 10.3. The van der Waals surface area contributed by atoms with Gasteiger partial charge in [0.2, 0.25) is 11.8 Å². The molecule has 0 fully saturated rings. The standard InChI is InChI=1S/C23H28N4O3S2/c1-15-9-11-24-19(13-15)27-21(29)8-7-20(28)25-16-5-6-17-18(14-16)32-22(26-17)31-12-10-23(2,3)30-4/h5-6,9,11,13-14H,7-8,10,12H2,1-4H3,(H,25,28)(H,24,27,29). The molecule has 0 unspecified atom stereocenters. The second-order valence-electron chi connectivity index (χ2n) is 8.04. The van der Waals surface area contributed by atoms with Crippen LogP contribution in [0.5, 0.6) is 0 Å². The predicted molar refractivity (Wildman–Crippen MR) is 132 cm³/mol. The van der Waals surface area contributed by atoms with E-state index in [0.717, 1.165) is 32.3 Å². The first-order valence-corrected chi connectivity index (χ1v) is 12.2. The van der Waals surface area contributed by atoms with Crippen molar-refractivity contribution in [1.29, 1.82) is 0 Å². The highest BCUT2D eigenvalue weighted by Crippen LogP contribution is 2.32. The number of anilines is 2. The van der Waals surface area contributed by atoms with Crippen LogP contribution in [0, 0.1) is 6.92 Å². The van der Waals surface area contributed by atoms with Crippen LogP contribution in [0.2, 0.25) is 0 Å². The first-order chi connectivity index (χ1) is 15.2. The molecule has 3 aromatic rings. The maximum atomic E-state index is 12.3. The number of thiazole rings is 1. The summed E-state index contributed by atoms with van der Waals surface area (Å²) in [7, 11) is 1.73. The molecule has 0 aliphatic carbocycles. The molecule has 2 heterocycles. The van der Waals surface area contributed by atoms with Crippen LogP contribution in [0.25, 0.3) is 10.2 Å². The molecule has 7 nitrogen and oxygen atoms in total. The molecule has 0 bridgehead atoms. The van der Waals surface area contributed by atoms with Crippen molar-refractivity contribution in [3.63, 3.8) is 0 Å². The largest absolute Gasteiger partial charge is 0.379 e. The van der Waals surface area contributed by atoms with Gasteiger partial charge < -0.3 is 15.4 Å². The average Bonchev–Trinajstić information content (AvgIpc) is 3.14. The Morgan fingerprint density at radius 1 is 1.12 bits per heavy atom. The van der Waals surface area contributed by atoms with E-state index in [0.29, 0.717) is 11.5 Å². The summed E-state index contributed by atoms with van der Waals surface area (Å²) in [5.74, 6) is 0.960. The van der Waals surface area contributed by atoms with Crippen LogP contribution in [-0.2, 0) is 14.3 Å². The van der Waals surface area contributed by atoms with Gasteiger partial charge in [-0.2, -0.15) is 0 Å². The van der Waals surface area contributed by atoms with E-state index in [4.69, 9.17) is 4.74 Å². The fourth-order valence-corrected chi connectivity index (χ4v) is 5.21. The highest BCUT2D eigenvalue weighted by molar-refractivity contribution is 8.01. The fourth-order valence-electron chi connectivity index (χ4n) is 2.79. The fraction of sp³-hybridized carbons (Fsp3) is 0.391. The summed E-state index contributed by atoms with van der Waals surface area (Å²) >= 11 is 3.32. The summed E-state index contributed by atoms with van der Waals surface area (Å²) in [4.78, 5) is 33.1. The maximum Gasteiger partial charge on any atom is 0.226 e. The number of fused-ring (bicyclic) bond motifs is 1. The third-order valence-corrected chi connectivity index (χ3v) is 7.06. The van der Waals surface area contributed by atoms with Crippen molar-refractivity contribution in [3.05, 3.63) is 42.1 Å². The number of nitrogens with one attached hydrogen (secondary N) is 2. The quantitative estimate of drug-likeness (QED) is 0.391. The zero-order valence-electron chi connectivity index (χ0n) is 18.7. The Hall–Kier alpha value is -2.49. The predicted octanol–water partition coefficient (Wildman–Crippen LogP) is 5.26. The minimum atomic E-state index is -0.241. The van der Waals surface area contributed by atoms with Gasteiger partial charge in [0.15, 0.2) is 4.34 Å². The van der Waals surface area contributed by atoms with E-state index in [1.165, 1.54) is 0 Å². The number of carbonyl (C=O) groups is 2. The van der Waals surface area contributed by atoms with Crippen LogP contribution in [0.1, 0.15) is 38.7 Å². The normalized spacial score (nSPS) is 11.5. The molecule has 170 valence electrons. The molecule has 1 aromatic carbocycles. The summed E-state index contributed by atoms with van der Waals surface area (Å²) in [6, 6.07) is 9.30. The molecule has 2 N–H and O–H groups in total.